The summed E-state index contributed by atoms with van der Waals surface area (Å²) in [4.78, 5) is 4.01. The zero-order chi connectivity index (χ0) is 22.4. The molecule has 0 spiro atoms. The van der Waals surface area contributed by atoms with Gasteiger partial charge >= 0.3 is 12.4 Å². The molecule has 0 bridgehead atoms. The normalized spacial score (nSPS) is 12.3. The van der Waals surface area contributed by atoms with Crippen LogP contribution in [0.25, 0.3) is 22.4 Å². The quantitative estimate of drug-likeness (QED) is 0.387. The summed E-state index contributed by atoms with van der Waals surface area (Å²) in [7, 11) is 0. The lowest BCUT2D eigenvalue weighted by molar-refractivity contribution is -0.143. The first-order valence-electron chi connectivity index (χ1n) is 8.50. The van der Waals surface area contributed by atoms with Crippen LogP contribution in [0.2, 0.25) is 0 Å². The zero-order valence-corrected chi connectivity index (χ0v) is 15.5. The highest BCUT2D eigenvalue weighted by Crippen LogP contribution is 2.41. The SMILES string of the molecule is Cc1ccc(-c2cc(C)c(F)c(-c3cc(C(F)(F)F)cc(C(F)(F)F)c3)c2F)nc1. The van der Waals surface area contributed by atoms with E-state index in [9.17, 15) is 30.7 Å². The summed E-state index contributed by atoms with van der Waals surface area (Å²) in [5.74, 6) is -2.56. The Morgan fingerprint density at radius 1 is 0.733 bits per heavy atom. The van der Waals surface area contributed by atoms with Crippen molar-refractivity contribution in [2.75, 3.05) is 0 Å². The zero-order valence-electron chi connectivity index (χ0n) is 15.5. The molecule has 0 N–H and O–H groups in total. The van der Waals surface area contributed by atoms with Crippen LogP contribution in [0.3, 0.4) is 0 Å². The van der Waals surface area contributed by atoms with E-state index in [0.29, 0.717) is 12.1 Å². The second-order valence-corrected chi connectivity index (χ2v) is 6.76. The molecule has 0 aliphatic heterocycles. The van der Waals surface area contributed by atoms with E-state index in [-0.39, 0.29) is 22.9 Å². The minimum absolute atomic E-state index is 0.0606. The lowest BCUT2D eigenvalue weighted by Gasteiger charge is -2.17. The second-order valence-electron chi connectivity index (χ2n) is 6.76. The number of rotatable bonds is 2. The van der Waals surface area contributed by atoms with Crippen molar-refractivity contribution in [2.45, 2.75) is 26.2 Å². The summed E-state index contributed by atoms with van der Waals surface area (Å²) >= 11 is 0. The summed E-state index contributed by atoms with van der Waals surface area (Å²) in [6.07, 6.45) is -8.89. The maximum absolute atomic E-state index is 15.2. The monoisotopic (exact) mass is 431 g/mol. The van der Waals surface area contributed by atoms with Gasteiger partial charge in [0.2, 0.25) is 0 Å². The summed E-state index contributed by atoms with van der Waals surface area (Å²) in [5.41, 5.74) is -4.78. The number of benzene rings is 2. The summed E-state index contributed by atoms with van der Waals surface area (Å²) in [5, 5.41) is 0. The van der Waals surface area contributed by atoms with Crippen molar-refractivity contribution in [3.63, 3.8) is 0 Å². The Morgan fingerprint density at radius 3 is 1.77 bits per heavy atom. The summed E-state index contributed by atoms with van der Waals surface area (Å²) in [6, 6.07) is 4.60. The van der Waals surface area contributed by atoms with Crippen molar-refractivity contribution < 1.29 is 35.1 Å². The van der Waals surface area contributed by atoms with E-state index in [1.165, 1.54) is 19.2 Å². The van der Waals surface area contributed by atoms with Crippen LogP contribution in [0.4, 0.5) is 35.1 Å². The number of hydrogen-bond donors (Lipinski definition) is 0. The smallest absolute Gasteiger partial charge is 0.256 e. The molecule has 0 radical (unpaired) electrons. The van der Waals surface area contributed by atoms with Crippen LogP contribution in [0.15, 0.2) is 42.6 Å². The standard InChI is InChI=1S/C21H13F8N/c1-10-3-4-16(30-9-10)15-5-11(2)18(22)17(19(15)23)12-6-13(20(24,25)26)8-14(7-12)21(27,28)29/h3-9H,1-2H3. The van der Waals surface area contributed by atoms with Gasteiger partial charge in [-0.25, -0.2) is 8.78 Å². The highest BCUT2D eigenvalue weighted by molar-refractivity contribution is 5.75. The summed E-state index contributed by atoms with van der Waals surface area (Å²) in [6.45, 7) is 2.95. The molecular weight excluding hydrogens is 418 g/mol. The molecule has 30 heavy (non-hydrogen) atoms. The van der Waals surface area contributed by atoms with Crippen molar-refractivity contribution in [1.82, 2.24) is 4.98 Å². The van der Waals surface area contributed by atoms with E-state index in [1.807, 2.05) is 0 Å². The first kappa shape index (κ1) is 21.7. The number of aromatic nitrogens is 1. The molecule has 0 saturated heterocycles. The molecular formula is C21H13F8N. The Balaban J connectivity index is 2.34. The third kappa shape index (κ3) is 4.15. The Hall–Kier alpha value is -2.97. The lowest BCUT2D eigenvalue weighted by Crippen LogP contribution is -2.11. The molecule has 0 atom stereocenters. The number of pyridine rings is 1. The molecule has 0 aliphatic rings. The maximum atomic E-state index is 15.2. The molecule has 9 heteroatoms. The average molecular weight is 431 g/mol. The fourth-order valence-corrected chi connectivity index (χ4v) is 2.94. The van der Waals surface area contributed by atoms with Gasteiger partial charge in [0.15, 0.2) is 0 Å². The molecule has 0 amide bonds. The minimum Gasteiger partial charge on any atom is -0.256 e. The van der Waals surface area contributed by atoms with Gasteiger partial charge in [-0.05, 0) is 60.9 Å². The molecule has 1 aromatic heterocycles. The van der Waals surface area contributed by atoms with E-state index in [1.54, 1.807) is 13.0 Å². The van der Waals surface area contributed by atoms with Crippen LogP contribution in [0.5, 0.6) is 0 Å². The van der Waals surface area contributed by atoms with Gasteiger partial charge in [-0.1, -0.05) is 6.07 Å². The molecule has 0 saturated carbocycles. The third-order valence-electron chi connectivity index (χ3n) is 4.45. The largest absolute Gasteiger partial charge is 0.416 e. The van der Waals surface area contributed by atoms with Crippen LogP contribution >= 0.6 is 0 Å². The van der Waals surface area contributed by atoms with E-state index >= 15 is 4.39 Å². The van der Waals surface area contributed by atoms with Crippen molar-refractivity contribution in [2.24, 2.45) is 0 Å². The van der Waals surface area contributed by atoms with Crippen LogP contribution in [0.1, 0.15) is 22.3 Å². The van der Waals surface area contributed by atoms with Gasteiger partial charge in [0, 0.05) is 11.8 Å². The average Bonchev–Trinajstić information content (AvgIpc) is 2.64. The summed E-state index contributed by atoms with van der Waals surface area (Å²) < 4.78 is 109. The number of alkyl halides is 6. The highest BCUT2D eigenvalue weighted by atomic mass is 19.4. The van der Waals surface area contributed by atoms with Crippen molar-refractivity contribution in [1.29, 1.82) is 0 Å². The fourth-order valence-electron chi connectivity index (χ4n) is 2.94. The van der Waals surface area contributed by atoms with E-state index < -0.39 is 46.2 Å². The molecule has 1 heterocycles. The van der Waals surface area contributed by atoms with E-state index in [0.717, 1.165) is 11.6 Å². The van der Waals surface area contributed by atoms with Gasteiger partial charge < -0.3 is 0 Å². The predicted octanol–water partition coefficient (Wildman–Crippen LogP) is 7.35. The maximum Gasteiger partial charge on any atom is 0.416 e. The Bertz CT molecular complexity index is 1060. The van der Waals surface area contributed by atoms with Crippen LogP contribution in [-0.2, 0) is 12.4 Å². The second kappa shape index (κ2) is 7.37. The van der Waals surface area contributed by atoms with Crippen molar-refractivity contribution >= 4 is 0 Å². The fraction of sp³-hybridized carbons (Fsp3) is 0.190. The molecule has 158 valence electrons. The number of nitrogens with zero attached hydrogens (tertiary/aromatic N) is 1. The van der Waals surface area contributed by atoms with Gasteiger partial charge in [-0.2, -0.15) is 26.3 Å². The first-order chi connectivity index (χ1) is 13.8. The number of halogens is 8. The van der Waals surface area contributed by atoms with Crippen molar-refractivity contribution in [3.8, 4) is 22.4 Å². The van der Waals surface area contributed by atoms with Gasteiger partial charge in [0.25, 0.3) is 0 Å². The Morgan fingerprint density at radius 2 is 1.30 bits per heavy atom. The molecule has 3 rings (SSSR count). The third-order valence-corrected chi connectivity index (χ3v) is 4.45. The number of hydrogen-bond acceptors (Lipinski definition) is 1. The van der Waals surface area contributed by atoms with Crippen LogP contribution in [0, 0.1) is 25.5 Å². The molecule has 3 aromatic rings. The minimum atomic E-state index is -5.14. The van der Waals surface area contributed by atoms with Crippen LogP contribution in [-0.4, -0.2) is 4.98 Å². The van der Waals surface area contributed by atoms with Gasteiger partial charge in [-0.15, -0.1) is 0 Å². The molecule has 1 nitrogen and oxygen atoms in total. The van der Waals surface area contributed by atoms with E-state index in [2.05, 4.69) is 4.98 Å². The first-order valence-corrected chi connectivity index (χ1v) is 8.50. The van der Waals surface area contributed by atoms with Crippen molar-refractivity contribution in [3.05, 3.63) is 76.5 Å². The van der Waals surface area contributed by atoms with Gasteiger partial charge in [0.05, 0.1) is 22.4 Å². The predicted molar refractivity (Wildman–Crippen MR) is 94.5 cm³/mol. The Labute approximate surface area is 166 Å². The van der Waals surface area contributed by atoms with Gasteiger partial charge in [0.1, 0.15) is 11.6 Å². The number of aryl methyl sites for hydroxylation is 2. The molecule has 0 unspecified atom stereocenters. The molecule has 2 aromatic carbocycles. The molecule has 0 fully saturated rings. The van der Waals surface area contributed by atoms with Gasteiger partial charge in [-0.3, -0.25) is 4.98 Å². The highest BCUT2D eigenvalue weighted by Gasteiger charge is 2.37. The molecule has 0 aliphatic carbocycles. The Kier molecular flexibility index (Phi) is 5.34. The lowest BCUT2D eigenvalue weighted by atomic mass is 9.93. The van der Waals surface area contributed by atoms with Crippen LogP contribution < -0.4 is 0 Å². The topological polar surface area (TPSA) is 12.9 Å². The van der Waals surface area contributed by atoms with E-state index in [4.69, 9.17) is 0 Å².